The number of benzene rings is 2. The van der Waals surface area contributed by atoms with Crippen LogP contribution in [0.25, 0.3) is 6.08 Å². The fraction of sp³-hybridized carbons (Fsp3) is 0.143. The van der Waals surface area contributed by atoms with Gasteiger partial charge in [0, 0.05) is 0 Å². The number of amides is 1. The Morgan fingerprint density at radius 2 is 1.86 bits per heavy atom. The second-order valence-corrected chi connectivity index (χ2v) is 9.75. The minimum Gasteiger partial charge on any atom is -0.494 e. The summed E-state index contributed by atoms with van der Waals surface area (Å²) in [5, 5.41) is 0. The van der Waals surface area contributed by atoms with Crippen molar-refractivity contribution in [1.29, 1.82) is 0 Å². The summed E-state index contributed by atoms with van der Waals surface area (Å²) in [5.74, 6) is 3.84. The van der Waals surface area contributed by atoms with Crippen LogP contribution in [0.2, 0.25) is 0 Å². The second kappa shape index (κ2) is 10.1. The number of carbonyl (C=O) groups is 1. The number of thiocarbonyl (C=S) groups is 1. The van der Waals surface area contributed by atoms with Crippen molar-refractivity contribution in [2.45, 2.75) is 6.92 Å². The number of thioether (sulfide) groups is 1. The number of halogens is 2. The molecule has 29 heavy (non-hydrogen) atoms. The van der Waals surface area contributed by atoms with E-state index >= 15 is 0 Å². The lowest BCUT2D eigenvalue weighted by atomic mass is 10.2. The third-order valence-electron chi connectivity index (χ3n) is 3.82. The molecule has 4 nitrogen and oxygen atoms in total. The van der Waals surface area contributed by atoms with E-state index in [0.29, 0.717) is 15.8 Å². The van der Waals surface area contributed by atoms with Crippen molar-refractivity contribution in [2.24, 2.45) is 0 Å². The summed E-state index contributed by atoms with van der Waals surface area (Å²) < 4.78 is 13.4. The minimum atomic E-state index is -0.137. The van der Waals surface area contributed by atoms with Gasteiger partial charge in [0.1, 0.15) is 18.1 Å². The molecule has 1 amide bonds. The first-order valence-electron chi connectivity index (χ1n) is 8.50. The maximum Gasteiger partial charge on any atom is 0.270 e. The highest BCUT2D eigenvalue weighted by atomic mass is 127. The van der Waals surface area contributed by atoms with E-state index in [9.17, 15) is 4.79 Å². The molecule has 0 unspecified atom stereocenters. The van der Waals surface area contributed by atoms with Crippen LogP contribution in [0.15, 0.2) is 41.3 Å². The van der Waals surface area contributed by atoms with Crippen LogP contribution < -0.4 is 14.4 Å². The third-order valence-corrected chi connectivity index (χ3v) is 6.72. The van der Waals surface area contributed by atoms with Gasteiger partial charge in [-0.25, -0.2) is 0 Å². The lowest BCUT2D eigenvalue weighted by Crippen LogP contribution is -2.27. The fourth-order valence-electron chi connectivity index (χ4n) is 2.61. The first kappa shape index (κ1) is 22.4. The van der Waals surface area contributed by atoms with E-state index in [1.54, 1.807) is 4.90 Å². The average molecular weight is 647 g/mol. The molecule has 0 saturated carbocycles. The SMILES string of the molecule is C#CCOc1c(I)cc(/C=C2\SC(=S)N(c3ccc(OCC)cc3)C2=O)cc1I. The molecular formula is C21H15I2NO3S2. The molecule has 8 heteroatoms. The zero-order valence-electron chi connectivity index (χ0n) is 15.3. The molecular weight excluding hydrogens is 632 g/mol. The highest BCUT2D eigenvalue weighted by Gasteiger charge is 2.33. The largest absolute Gasteiger partial charge is 0.494 e. The predicted octanol–water partition coefficient (Wildman–Crippen LogP) is 5.71. The highest BCUT2D eigenvalue weighted by Crippen LogP contribution is 2.37. The standard InChI is InChI=1S/C21H15I2NO3S2/c1-3-9-27-19-16(22)10-13(11-17(19)23)12-18-20(25)24(21(28)29-18)14-5-7-15(8-6-14)26-4-2/h1,5-8,10-12H,4,9H2,2H3/b18-12-. The molecule has 0 N–H and O–H groups in total. The summed E-state index contributed by atoms with van der Waals surface area (Å²) in [5.41, 5.74) is 1.63. The second-order valence-electron chi connectivity index (χ2n) is 5.75. The van der Waals surface area contributed by atoms with Crippen LogP contribution >= 0.6 is 69.2 Å². The number of carbonyl (C=O) groups excluding carboxylic acids is 1. The number of anilines is 1. The van der Waals surface area contributed by atoms with Gasteiger partial charge in [0.2, 0.25) is 0 Å². The molecule has 3 rings (SSSR count). The molecule has 0 spiro atoms. The lowest BCUT2D eigenvalue weighted by molar-refractivity contribution is -0.113. The third kappa shape index (κ3) is 5.25. The Bertz CT molecular complexity index is 1010. The molecule has 2 aromatic rings. The minimum absolute atomic E-state index is 0.137. The molecule has 1 saturated heterocycles. The molecule has 148 valence electrons. The summed E-state index contributed by atoms with van der Waals surface area (Å²) in [7, 11) is 0. The molecule has 1 aliphatic heterocycles. The Morgan fingerprint density at radius 3 is 2.45 bits per heavy atom. The summed E-state index contributed by atoms with van der Waals surface area (Å²) in [6, 6.07) is 11.3. The molecule has 1 heterocycles. The molecule has 0 aromatic heterocycles. The summed E-state index contributed by atoms with van der Waals surface area (Å²) in [4.78, 5) is 15.1. The van der Waals surface area contributed by atoms with Crippen molar-refractivity contribution in [2.75, 3.05) is 18.1 Å². The summed E-state index contributed by atoms with van der Waals surface area (Å²) in [6.07, 6.45) is 7.12. The Balaban J connectivity index is 1.85. The predicted molar refractivity (Wildman–Crippen MR) is 139 cm³/mol. The fourth-order valence-corrected chi connectivity index (χ4v) is 6.04. The van der Waals surface area contributed by atoms with E-state index in [-0.39, 0.29) is 12.5 Å². The van der Waals surface area contributed by atoms with Gasteiger partial charge in [-0.15, -0.1) is 6.42 Å². The van der Waals surface area contributed by atoms with Crippen molar-refractivity contribution in [1.82, 2.24) is 0 Å². The van der Waals surface area contributed by atoms with Crippen LogP contribution in [-0.4, -0.2) is 23.4 Å². The maximum absolute atomic E-state index is 13.0. The number of rotatable bonds is 6. The molecule has 0 radical (unpaired) electrons. The molecule has 0 bridgehead atoms. The van der Waals surface area contributed by atoms with E-state index in [1.807, 2.05) is 49.4 Å². The van der Waals surface area contributed by atoms with Gasteiger partial charge in [-0.2, -0.15) is 0 Å². The Labute approximate surface area is 206 Å². The van der Waals surface area contributed by atoms with Crippen molar-refractivity contribution in [3.8, 4) is 23.8 Å². The van der Waals surface area contributed by atoms with Crippen molar-refractivity contribution in [3.05, 3.63) is 54.0 Å². The van der Waals surface area contributed by atoms with Gasteiger partial charge in [0.05, 0.1) is 24.3 Å². The van der Waals surface area contributed by atoms with Gasteiger partial charge in [-0.05, 0) is 100 Å². The molecule has 2 aromatic carbocycles. The quantitative estimate of drug-likeness (QED) is 0.174. The molecule has 0 aliphatic carbocycles. The first-order chi connectivity index (χ1) is 13.9. The van der Waals surface area contributed by atoms with Crippen molar-refractivity contribution in [3.63, 3.8) is 0 Å². The van der Waals surface area contributed by atoms with Gasteiger partial charge in [-0.3, -0.25) is 9.69 Å². The van der Waals surface area contributed by atoms with Crippen LogP contribution in [0.5, 0.6) is 11.5 Å². The Morgan fingerprint density at radius 1 is 1.21 bits per heavy atom. The van der Waals surface area contributed by atoms with E-state index < -0.39 is 0 Å². The highest BCUT2D eigenvalue weighted by molar-refractivity contribution is 14.1. The molecule has 1 aliphatic rings. The van der Waals surface area contributed by atoms with Gasteiger partial charge < -0.3 is 9.47 Å². The van der Waals surface area contributed by atoms with Crippen LogP contribution in [0.3, 0.4) is 0 Å². The van der Waals surface area contributed by atoms with Gasteiger partial charge >= 0.3 is 0 Å². The number of hydrogen-bond acceptors (Lipinski definition) is 5. The smallest absolute Gasteiger partial charge is 0.270 e. The van der Waals surface area contributed by atoms with Crippen molar-refractivity contribution >= 4 is 91.2 Å². The normalized spacial score (nSPS) is 15.0. The van der Waals surface area contributed by atoms with E-state index in [0.717, 1.165) is 29.9 Å². The molecule has 0 atom stereocenters. The monoisotopic (exact) mass is 647 g/mol. The maximum atomic E-state index is 13.0. The van der Waals surface area contributed by atoms with Gasteiger partial charge in [0.25, 0.3) is 5.91 Å². The van der Waals surface area contributed by atoms with E-state index in [4.69, 9.17) is 28.1 Å². The zero-order valence-corrected chi connectivity index (χ0v) is 21.2. The Hall–Kier alpha value is -1.29. The van der Waals surface area contributed by atoms with Gasteiger partial charge in [0.15, 0.2) is 4.32 Å². The van der Waals surface area contributed by atoms with E-state index in [2.05, 4.69) is 51.1 Å². The topological polar surface area (TPSA) is 38.8 Å². The average Bonchev–Trinajstić information content (AvgIpc) is 2.95. The number of ether oxygens (including phenoxy) is 2. The lowest BCUT2D eigenvalue weighted by Gasteiger charge is -2.15. The first-order valence-corrected chi connectivity index (χ1v) is 11.9. The number of terminal acetylenes is 1. The zero-order chi connectivity index (χ0) is 21.0. The summed E-state index contributed by atoms with van der Waals surface area (Å²) in [6.45, 7) is 2.73. The Kier molecular flexibility index (Phi) is 7.84. The molecule has 1 fully saturated rings. The van der Waals surface area contributed by atoms with Crippen LogP contribution in [-0.2, 0) is 4.79 Å². The van der Waals surface area contributed by atoms with Crippen LogP contribution in [0, 0.1) is 19.5 Å². The van der Waals surface area contributed by atoms with Crippen LogP contribution in [0.1, 0.15) is 12.5 Å². The van der Waals surface area contributed by atoms with Crippen molar-refractivity contribution < 1.29 is 14.3 Å². The number of hydrogen-bond donors (Lipinski definition) is 0. The van der Waals surface area contributed by atoms with Gasteiger partial charge in [-0.1, -0.05) is 29.9 Å². The van der Waals surface area contributed by atoms with Crippen LogP contribution in [0.4, 0.5) is 5.69 Å². The van der Waals surface area contributed by atoms with E-state index in [1.165, 1.54) is 11.8 Å². The summed E-state index contributed by atoms with van der Waals surface area (Å²) >= 11 is 11.1. The number of nitrogens with zero attached hydrogens (tertiary/aromatic N) is 1.